The molecule has 17 heavy (non-hydrogen) atoms. The molecule has 1 aliphatic heterocycles. The van der Waals surface area contributed by atoms with E-state index in [1.54, 1.807) is 6.92 Å². The number of nitrogens with zero attached hydrogens (tertiary/aromatic N) is 2. The van der Waals surface area contributed by atoms with Crippen molar-refractivity contribution in [3.8, 4) is 6.07 Å². The quantitative estimate of drug-likeness (QED) is 0.688. The van der Waals surface area contributed by atoms with E-state index in [-0.39, 0.29) is 6.54 Å². The van der Waals surface area contributed by atoms with Crippen molar-refractivity contribution in [2.45, 2.75) is 32.7 Å². The Labute approximate surface area is 99.6 Å². The van der Waals surface area contributed by atoms with E-state index in [2.05, 4.69) is 5.32 Å². The predicted octanol–water partition coefficient (Wildman–Crippen LogP) is -0.200. The van der Waals surface area contributed by atoms with E-state index >= 15 is 0 Å². The van der Waals surface area contributed by atoms with Crippen LogP contribution in [0.1, 0.15) is 26.7 Å². The second-order valence-corrected chi connectivity index (χ2v) is 4.02. The number of rotatable bonds is 3. The highest BCUT2D eigenvalue weighted by molar-refractivity contribution is 6.04. The fourth-order valence-corrected chi connectivity index (χ4v) is 1.72. The second kappa shape index (κ2) is 5.43. The molecule has 0 aromatic rings. The van der Waals surface area contributed by atoms with Crippen LogP contribution >= 0.6 is 0 Å². The summed E-state index contributed by atoms with van der Waals surface area (Å²) in [6.45, 7) is 3.25. The number of piperazine rings is 1. The molecule has 1 heterocycles. The molecule has 1 saturated heterocycles. The Balaban J connectivity index is 2.83. The van der Waals surface area contributed by atoms with Crippen LogP contribution in [0.25, 0.3) is 0 Å². The smallest absolute Gasteiger partial charge is 0.249 e. The van der Waals surface area contributed by atoms with Crippen LogP contribution in [0.2, 0.25) is 0 Å². The summed E-state index contributed by atoms with van der Waals surface area (Å²) in [5.41, 5.74) is 0. The summed E-state index contributed by atoms with van der Waals surface area (Å²) in [7, 11) is 0. The van der Waals surface area contributed by atoms with Crippen LogP contribution < -0.4 is 5.32 Å². The van der Waals surface area contributed by atoms with Gasteiger partial charge in [-0.2, -0.15) is 5.26 Å². The van der Waals surface area contributed by atoms with Gasteiger partial charge in [0.1, 0.15) is 18.5 Å². The van der Waals surface area contributed by atoms with Crippen molar-refractivity contribution in [1.29, 1.82) is 5.26 Å². The number of nitrogens with one attached hydrogen (secondary N) is 1. The topological polar surface area (TPSA) is 90.3 Å². The Morgan fingerprint density at radius 2 is 2.29 bits per heavy atom. The van der Waals surface area contributed by atoms with Crippen molar-refractivity contribution < 1.29 is 14.4 Å². The average molecular weight is 237 g/mol. The molecule has 0 spiro atoms. The third-order valence-corrected chi connectivity index (χ3v) is 2.74. The van der Waals surface area contributed by atoms with Crippen LogP contribution in [0, 0.1) is 17.2 Å². The molecule has 1 fully saturated rings. The molecule has 1 aliphatic rings. The number of nitriles is 1. The average Bonchev–Trinajstić information content (AvgIpc) is 2.29. The number of hydrogen-bond acceptors (Lipinski definition) is 4. The van der Waals surface area contributed by atoms with Crippen LogP contribution in [-0.2, 0) is 14.4 Å². The molecule has 1 N–H and O–H groups in total. The number of carbonyl (C=O) groups excluding carboxylic acids is 3. The molecule has 0 saturated carbocycles. The van der Waals surface area contributed by atoms with Gasteiger partial charge in [-0.15, -0.1) is 0 Å². The van der Waals surface area contributed by atoms with E-state index in [0.717, 1.165) is 0 Å². The zero-order valence-electron chi connectivity index (χ0n) is 9.90. The molecule has 0 bridgehead atoms. The minimum absolute atomic E-state index is 0.159. The maximum atomic E-state index is 12.0. The molecular weight excluding hydrogens is 222 g/mol. The van der Waals surface area contributed by atoms with E-state index < -0.39 is 29.7 Å². The molecule has 2 unspecified atom stereocenters. The van der Waals surface area contributed by atoms with E-state index in [1.165, 1.54) is 4.90 Å². The summed E-state index contributed by atoms with van der Waals surface area (Å²) in [6, 6.07) is 1.22. The first-order chi connectivity index (χ1) is 8.01. The van der Waals surface area contributed by atoms with Crippen molar-refractivity contribution in [3.63, 3.8) is 0 Å². The van der Waals surface area contributed by atoms with Gasteiger partial charge in [-0.05, 0) is 13.3 Å². The molecule has 92 valence electrons. The molecule has 1 rings (SSSR count). The molecule has 0 aromatic heterocycles. The van der Waals surface area contributed by atoms with Crippen molar-refractivity contribution >= 4 is 17.7 Å². The number of amides is 3. The Morgan fingerprint density at radius 3 is 2.82 bits per heavy atom. The lowest BCUT2D eigenvalue weighted by molar-refractivity contribution is -0.150. The predicted molar refractivity (Wildman–Crippen MR) is 58.3 cm³/mol. The largest absolute Gasteiger partial charge is 0.320 e. The van der Waals surface area contributed by atoms with Gasteiger partial charge in [-0.1, -0.05) is 13.3 Å². The second-order valence-electron chi connectivity index (χ2n) is 4.02. The van der Waals surface area contributed by atoms with Gasteiger partial charge >= 0.3 is 0 Å². The van der Waals surface area contributed by atoms with Crippen LogP contribution in [0.15, 0.2) is 0 Å². The standard InChI is InChI=1S/C11H15N3O3/c1-3-4-8(5-12)11(17)14-6-9(15)13-10(16)7(14)2/h7-8H,3-4,6H2,1-2H3,(H,13,15,16). The van der Waals surface area contributed by atoms with Gasteiger partial charge in [0.05, 0.1) is 6.07 Å². The highest BCUT2D eigenvalue weighted by Gasteiger charge is 2.36. The lowest BCUT2D eigenvalue weighted by Gasteiger charge is -2.32. The van der Waals surface area contributed by atoms with E-state index in [9.17, 15) is 14.4 Å². The van der Waals surface area contributed by atoms with E-state index in [1.807, 2.05) is 13.0 Å². The number of carbonyl (C=O) groups is 3. The normalized spacial score (nSPS) is 21.7. The van der Waals surface area contributed by atoms with Gasteiger partial charge in [0, 0.05) is 0 Å². The van der Waals surface area contributed by atoms with Gasteiger partial charge in [-0.25, -0.2) is 0 Å². The van der Waals surface area contributed by atoms with Crippen molar-refractivity contribution in [2.24, 2.45) is 5.92 Å². The van der Waals surface area contributed by atoms with Gasteiger partial charge < -0.3 is 4.90 Å². The van der Waals surface area contributed by atoms with Gasteiger partial charge in [-0.3, -0.25) is 19.7 Å². The summed E-state index contributed by atoms with van der Waals surface area (Å²) < 4.78 is 0. The van der Waals surface area contributed by atoms with Gasteiger partial charge in [0.15, 0.2) is 0 Å². The maximum absolute atomic E-state index is 12.0. The Bertz CT molecular complexity index is 386. The third kappa shape index (κ3) is 2.81. The molecule has 0 radical (unpaired) electrons. The summed E-state index contributed by atoms with van der Waals surface area (Å²) >= 11 is 0. The summed E-state index contributed by atoms with van der Waals surface area (Å²) in [4.78, 5) is 35.7. The molecular formula is C11H15N3O3. The third-order valence-electron chi connectivity index (χ3n) is 2.74. The minimum atomic E-state index is -0.777. The van der Waals surface area contributed by atoms with Crippen LogP contribution in [0.4, 0.5) is 0 Å². The monoisotopic (exact) mass is 237 g/mol. The fraction of sp³-hybridized carbons (Fsp3) is 0.636. The Hall–Kier alpha value is -1.90. The SMILES string of the molecule is CCCC(C#N)C(=O)N1CC(=O)NC(=O)C1C. The van der Waals surface area contributed by atoms with Gasteiger partial charge in [0.25, 0.3) is 0 Å². The highest BCUT2D eigenvalue weighted by atomic mass is 16.2. The van der Waals surface area contributed by atoms with Crippen molar-refractivity contribution in [2.75, 3.05) is 6.54 Å². The zero-order chi connectivity index (χ0) is 13.0. The molecule has 3 amide bonds. The maximum Gasteiger partial charge on any atom is 0.249 e. The first kappa shape index (κ1) is 13.2. The number of imide groups is 1. The van der Waals surface area contributed by atoms with Crippen molar-refractivity contribution in [1.82, 2.24) is 10.2 Å². The fourth-order valence-electron chi connectivity index (χ4n) is 1.72. The minimum Gasteiger partial charge on any atom is -0.320 e. The van der Waals surface area contributed by atoms with Crippen LogP contribution in [0.5, 0.6) is 0 Å². The molecule has 6 heteroatoms. The highest BCUT2D eigenvalue weighted by Crippen LogP contribution is 2.14. The summed E-state index contributed by atoms with van der Waals surface area (Å²) in [6.07, 6.45) is 1.14. The zero-order valence-corrected chi connectivity index (χ0v) is 9.90. The van der Waals surface area contributed by atoms with Crippen molar-refractivity contribution in [3.05, 3.63) is 0 Å². The Morgan fingerprint density at radius 1 is 1.65 bits per heavy atom. The van der Waals surface area contributed by atoms with Gasteiger partial charge in [0.2, 0.25) is 17.7 Å². The lowest BCUT2D eigenvalue weighted by atomic mass is 10.0. The number of hydrogen-bond donors (Lipinski definition) is 1. The van der Waals surface area contributed by atoms with Crippen LogP contribution in [-0.4, -0.2) is 35.2 Å². The molecule has 6 nitrogen and oxygen atoms in total. The van der Waals surface area contributed by atoms with E-state index in [4.69, 9.17) is 5.26 Å². The van der Waals surface area contributed by atoms with E-state index in [0.29, 0.717) is 12.8 Å². The molecule has 0 aliphatic carbocycles. The first-order valence-corrected chi connectivity index (χ1v) is 5.55. The molecule has 2 atom stereocenters. The Kier molecular flexibility index (Phi) is 4.21. The molecule has 0 aromatic carbocycles. The lowest BCUT2D eigenvalue weighted by Crippen LogP contribution is -2.59. The summed E-state index contributed by atoms with van der Waals surface area (Å²) in [5, 5.41) is 11.0. The first-order valence-electron chi connectivity index (χ1n) is 5.55. The summed E-state index contributed by atoms with van der Waals surface area (Å²) in [5.74, 6) is -2.22. The van der Waals surface area contributed by atoms with Crippen LogP contribution in [0.3, 0.4) is 0 Å².